The molecular weight excluding hydrogens is 280 g/mol. The van der Waals surface area contributed by atoms with Crippen LogP contribution in [-0.2, 0) is 4.79 Å². The molecule has 1 unspecified atom stereocenters. The molecule has 1 atom stereocenters. The molecule has 0 radical (unpaired) electrons. The number of rotatable bonds is 5. The topological polar surface area (TPSA) is 52.9 Å². The molecule has 3 nitrogen and oxygen atoms in total. The van der Waals surface area contributed by atoms with Gasteiger partial charge in [0.1, 0.15) is 6.07 Å². The third-order valence-corrected chi connectivity index (χ3v) is 3.27. The summed E-state index contributed by atoms with van der Waals surface area (Å²) in [6.07, 6.45) is 2.87. The van der Waals surface area contributed by atoms with E-state index in [0.717, 1.165) is 19.3 Å². The maximum Gasteiger partial charge on any atom is 0.238 e. The molecule has 90 valence electrons. The van der Waals surface area contributed by atoms with Crippen molar-refractivity contribution in [3.8, 4) is 6.07 Å². The van der Waals surface area contributed by atoms with Gasteiger partial charge in [-0.3, -0.25) is 4.79 Å². The first kappa shape index (κ1) is 13.7. The maximum absolute atomic E-state index is 11.8. The van der Waals surface area contributed by atoms with Crippen LogP contribution < -0.4 is 5.32 Å². The molecule has 1 rings (SSSR count). The van der Waals surface area contributed by atoms with E-state index in [9.17, 15) is 4.79 Å². The van der Waals surface area contributed by atoms with Crippen LogP contribution in [0.25, 0.3) is 0 Å². The molecule has 1 N–H and O–H groups in total. The number of carbonyl (C=O) groups excluding carboxylic acids is 1. The van der Waals surface area contributed by atoms with Gasteiger partial charge in [0.2, 0.25) is 5.91 Å². The molecule has 0 aliphatic rings. The van der Waals surface area contributed by atoms with Crippen LogP contribution in [0.5, 0.6) is 0 Å². The van der Waals surface area contributed by atoms with Crippen LogP contribution in [0.15, 0.2) is 24.3 Å². The Morgan fingerprint density at radius 1 is 1.53 bits per heavy atom. The third kappa shape index (κ3) is 4.20. The van der Waals surface area contributed by atoms with Crippen molar-refractivity contribution in [3.05, 3.63) is 29.8 Å². The number of nitriles is 1. The summed E-state index contributed by atoms with van der Waals surface area (Å²) in [6.45, 7) is 2.09. The Morgan fingerprint density at radius 3 is 2.88 bits per heavy atom. The Bertz CT molecular complexity index is 426. The fraction of sp³-hybridized carbons (Fsp3) is 0.385. The van der Waals surface area contributed by atoms with Crippen molar-refractivity contribution < 1.29 is 4.79 Å². The average molecular weight is 295 g/mol. The van der Waals surface area contributed by atoms with Gasteiger partial charge in [-0.05, 0) is 18.6 Å². The van der Waals surface area contributed by atoms with Gasteiger partial charge in [-0.2, -0.15) is 5.26 Å². The van der Waals surface area contributed by atoms with Crippen molar-refractivity contribution in [2.24, 2.45) is 0 Å². The molecular formula is C13H15BrN2O. The lowest BCUT2D eigenvalue weighted by Gasteiger charge is -2.11. The van der Waals surface area contributed by atoms with Crippen LogP contribution in [0.2, 0.25) is 0 Å². The van der Waals surface area contributed by atoms with E-state index in [1.807, 2.05) is 0 Å². The van der Waals surface area contributed by atoms with E-state index >= 15 is 0 Å². The molecule has 1 aromatic carbocycles. The lowest BCUT2D eigenvalue weighted by atomic mass is 10.1. The minimum absolute atomic E-state index is 0.0962. The zero-order valence-electron chi connectivity index (χ0n) is 9.74. The van der Waals surface area contributed by atoms with Gasteiger partial charge in [-0.25, -0.2) is 0 Å². The Balaban J connectivity index is 2.65. The molecule has 1 amide bonds. The van der Waals surface area contributed by atoms with E-state index in [1.165, 1.54) is 0 Å². The van der Waals surface area contributed by atoms with Crippen molar-refractivity contribution in [1.82, 2.24) is 0 Å². The summed E-state index contributed by atoms with van der Waals surface area (Å²) in [5, 5.41) is 11.7. The summed E-state index contributed by atoms with van der Waals surface area (Å²) < 4.78 is 0. The molecule has 0 saturated heterocycles. The highest BCUT2D eigenvalue weighted by atomic mass is 79.9. The van der Waals surface area contributed by atoms with Crippen molar-refractivity contribution in [1.29, 1.82) is 5.26 Å². The van der Waals surface area contributed by atoms with Crippen molar-refractivity contribution in [3.63, 3.8) is 0 Å². The third-order valence-electron chi connectivity index (χ3n) is 2.40. The number of nitrogens with one attached hydrogen (secondary N) is 1. The summed E-state index contributed by atoms with van der Waals surface area (Å²) in [6, 6.07) is 9.04. The molecule has 0 saturated carbocycles. The van der Waals surface area contributed by atoms with E-state index < -0.39 is 0 Å². The normalized spacial score (nSPS) is 11.6. The quantitative estimate of drug-likeness (QED) is 0.846. The van der Waals surface area contributed by atoms with Gasteiger partial charge < -0.3 is 5.32 Å². The molecule has 0 aromatic heterocycles. The average Bonchev–Trinajstić information content (AvgIpc) is 2.36. The number of halogens is 1. The highest BCUT2D eigenvalue weighted by Gasteiger charge is 2.15. The Labute approximate surface area is 110 Å². The lowest BCUT2D eigenvalue weighted by Crippen LogP contribution is -2.23. The summed E-state index contributed by atoms with van der Waals surface area (Å²) in [5.41, 5.74) is 1.05. The minimum atomic E-state index is -0.200. The van der Waals surface area contributed by atoms with Crippen molar-refractivity contribution in [2.45, 2.75) is 31.0 Å². The van der Waals surface area contributed by atoms with Gasteiger partial charge in [-0.15, -0.1) is 0 Å². The monoisotopic (exact) mass is 294 g/mol. The molecule has 17 heavy (non-hydrogen) atoms. The first-order chi connectivity index (χ1) is 8.19. The maximum atomic E-state index is 11.8. The van der Waals surface area contributed by atoms with E-state index in [1.54, 1.807) is 24.3 Å². The van der Waals surface area contributed by atoms with Crippen LogP contribution in [0.1, 0.15) is 31.7 Å². The first-order valence-corrected chi connectivity index (χ1v) is 6.54. The van der Waals surface area contributed by atoms with Crippen LogP contribution in [0, 0.1) is 11.3 Å². The number of hydrogen-bond acceptors (Lipinski definition) is 2. The summed E-state index contributed by atoms with van der Waals surface area (Å²) in [5.74, 6) is -0.0962. The number of carbonyl (C=O) groups is 1. The second-order valence-electron chi connectivity index (χ2n) is 3.76. The number of para-hydroxylation sites is 1. The number of alkyl halides is 1. The first-order valence-electron chi connectivity index (χ1n) is 5.63. The van der Waals surface area contributed by atoms with Gasteiger partial charge in [0.25, 0.3) is 0 Å². The van der Waals surface area contributed by atoms with Gasteiger partial charge in [-0.1, -0.05) is 47.8 Å². The van der Waals surface area contributed by atoms with Gasteiger partial charge in [0, 0.05) is 0 Å². The molecule has 4 heteroatoms. The van der Waals surface area contributed by atoms with Gasteiger partial charge >= 0.3 is 0 Å². The lowest BCUT2D eigenvalue weighted by molar-refractivity contribution is -0.115. The van der Waals surface area contributed by atoms with E-state index in [2.05, 4.69) is 34.2 Å². The van der Waals surface area contributed by atoms with Gasteiger partial charge in [0.05, 0.1) is 16.1 Å². The highest BCUT2D eigenvalue weighted by Crippen LogP contribution is 2.17. The molecule has 1 aromatic rings. The summed E-state index contributed by atoms with van der Waals surface area (Å²) in [7, 11) is 0. The zero-order chi connectivity index (χ0) is 12.7. The Morgan fingerprint density at radius 2 is 2.24 bits per heavy atom. The van der Waals surface area contributed by atoms with E-state index in [4.69, 9.17) is 5.26 Å². The van der Waals surface area contributed by atoms with E-state index in [0.29, 0.717) is 11.3 Å². The molecule has 0 aliphatic carbocycles. The second kappa shape index (κ2) is 7.08. The molecule has 0 aliphatic heterocycles. The fourth-order valence-corrected chi connectivity index (χ4v) is 1.85. The fourth-order valence-electron chi connectivity index (χ4n) is 1.42. The number of unbranched alkanes of at least 4 members (excludes halogenated alkanes) is 1. The number of benzene rings is 1. The minimum Gasteiger partial charge on any atom is -0.324 e. The molecule has 0 spiro atoms. The summed E-state index contributed by atoms with van der Waals surface area (Å²) in [4.78, 5) is 11.6. The second-order valence-corrected chi connectivity index (χ2v) is 4.86. The molecule has 0 fully saturated rings. The van der Waals surface area contributed by atoms with Crippen LogP contribution in [-0.4, -0.2) is 10.7 Å². The predicted molar refractivity (Wildman–Crippen MR) is 72.0 cm³/mol. The number of anilines is 1. The van der Waals surface area contributed by atoms with Crippen LogP contribution in [0.3, 0.4) is 0 Å². The van der Waals surface area contributed by atoms with Crippen molar-refractivity contribution >= 4 is 27.5 Å². The largest absolute Gasteiger partial charge is 0.324 e. The number of hydrogen-bond donors (Lipinski definition) is 1. The smallest absolute Gasteiger partial charge is 0.238 e. The number of nitrogens with zero attached hydrogens (tertiary/aromatic N) is 1. The zero-order valence-corrected chi connectivity index (χ0v) is 11.3. The van der Waals surface area contributed by atoms with Gasteiger partial charge in [0.15, 0.2) is 0 Å². The predicted octanol–water partition coefficient (Wildman–Crippen LogP) is 3.45. The molecule has 0 heterocycles. The van der Waals surface area contributed by atoms with Crippen LogP contribution >= 0.6 is 15.9 Å². The SMILES string of the molecule is CCCCC(Br)C(=O)Nc1ccccc1C#N. The standard InChI is InChI=1S/C13H15BrN2O/c1-2-3-7-11(14)13(17)16-12-8-5-4-6-10(12)9-15/h4-6,8,11H,2-3,7H2,1H3,(H,16,17). The Kier molecular flexibility index (Phi) is 5.71. The highest BCUT2D eigenvalue weighted by molar-refractivity contribution is 9.10. The number of amides is 1. The Hall–Kier alpha value is -1.34. The molecule has 0 bridgehead atoms. The summed E-state index contributed by atoms with van der Waals surface area (Å²) >= 11 is 3.35. The van der Waals surface area contributed by atoms with Crippen molar-refractivity contribution in [2.75, 3.05) is 5.32 Å². The van der Waals surface area contributed by atoms with E-state index in [-0.39, 0.29) is 10.7 Å². The van der Waals surface area contributed by atoms with Crippen LogP contribution in [0.4, 0.5) is 5.69 Å².